The monoisotopic (exact) mass is 721 g/mol. The third-order valence-electron chi connectivity index (χ3n) is 10.9. The fraction of sp³-hybridized carbons (Fsp3) is 0.622. The van der Waals surface area contributed by atoms with Crippen molar-refractivity contribution in [2.24, 2.45) is 5.92 Å². The number of benzene rings is 2. The summed E-state index contributed by atoms with van der Waals surface area (Å²) in [4.78, 5) is 27.2. The van der Waals surface area contributed by atoms with Crippen LogP contribution in [-0.4, -0.2) is 79.8 Å². The van der Waals surface area contributed by atoms with E-state index in [0.29, 0.717) is 51.6 Å². The minimum Gasteiger partial charge on any atom is -0.413 e. The average Bonchev–Trinajstić information content (AvgIpc) is 3.46. The van der Waals surface area contributed by atoms with Gasteiger partial charge in [-0.1, -0.05) is 76.9 Å². The molecule has 3 heterocycles. The van der Waals surface area contributed by atoms with Crippen LogP contribution < -0.4 is 0 Å². The molecular weight excluding hydrogens is 671 g/mol. The van der Waals surface area contributed by atoms with Gasteiger partial charge in [0.1, 0.15) is 0 Å². The van der Waals surface area contributed by atoms with Crippen LogP contribution >= 0.6 is 23.2 Å². The van der Waals surface area contributed by atoms with Gasteiger partial charge in [0.25, 0.3) is 11.8 Å². The maximum Gasteiger partial charge on any atom is 0.253 e. The number of hydrogen-bond donors (Lipinski definition) is 0. The molecule has 0 aromatic heterocycles. The van der Waals surface area contributed by atoms with Gasteiger partial charge in [0.15, 0.2) is 0 Å². The second kappa shape index (κ2) is 15.1. The Morgan fingerprint density at radius 3 is 2.02 bits per heavy atom. The predicted octanol–water partition coefficient (Wildman–Crippen LogP) is 9.49. The molecule has 0 spiro atoms. The van der Waals surface area contributed by atoms with E-state index in [1.165, 1.54) is 4.90 Å². The third-order valence-corrected chi connectivity index (χ3v) is 17.7. The first kappa shape index (κ1) is 37.2. The van der Waals surface area contributed by atoms with E-state index in [1.807, 2.05) is 29.3 Å². The van der Waals surface area contributed by atoms with Crippen molar-refractivity contribution in [3.63, 3.8) is 0 Å². The molecule has 6 nitrogen and oxygen atoms in total. The Labute approximate surface area is 296 Å². The van der Waals surface area contributed by atoms with Crippen molar-refractivity contribution < 1.29 is 22.8 Å². The zero-order valence-electron chi connectivity index (χ0n) is 29.2. The topological polar surface area (TPSA) is 53.1 Å². The van der Waals surface area contributed by atoms with Crippen molar-refractivity contribution in [2.45, 2.75) is 109 Å². The van der Waals surface area contributed by atoms with Crippen molar-refractivity contribution in [3.8, 4) is 11.1 Å². The maximum absolute atomic E-state index is 13.6. The number of alkyl halides is 2. The zero-order valence-corrected chi connectivity index (χ0v) is 31.7. The molecule has 2 amide bonds. The lowest BCUT2D eigenvalue weighted by atomic mass is 9.88. The molecule has 2 unspecified atom stereocenters. The van der Waals surface area contributed by atoms with E-state index < -0.39 is 14.2 Å². The first-order valence-corrected chi connectivity index (χ1v) is 20.5. The van der Waals surface area contributed by atoms with Crippen LogP contribution in [0.2, 0.25) is 26.7 Å². The van der Waals surface area contributed by atoms with E-state index in [9.17, 15) is 18.4 Å². The lowest BCUT2D eigenvalue weighted by Gasteiger charge is -2.49. The van der Waals surface area contributed by atoms with E-state index in [1.54, 1.807) is 12.1 Å². The van der Waals surface area contributed by atoms with Gasteiger partial charge < -0.3 is 9.33 Å². The van der Waals surface area contributed by atoms with Crippen LogP contribution in [0.1, 0.15) is 89.6 Å². The number of carbonyl (C=O) groups is 2. The Bertz CT molecular complexity index is 1420. The summed E-state index contributed by atoms with van der Waals surface area (Å²) < 4.78 is 34.6. The van der Waals surface area contributed by atoms with Crippen molar-refractivity contribution in [3.05, 3.63) is 57.6 Å². The molecule has 2 aromatic carbocycles. The number of piperidine rings is 2. The summed E-state index contributed by atoms with van der Waals surface area (Å²) in [7, 11) is -2.18. The molecule has 264 valence electrons. The highest BCUT2D eigenvalue weighted by molar-refractivity contribution is 6.77. The number of likely N-dealkylation sites (tertiary alicyclic amines) is 1. The smallest absolute Gasteiger partial charge is 0.253 e. The van der Waals surface area contributed by atoms with Gasteiger partial charge in [-0.15, -0.1) is 0 Å². The fourth-order valence-corrected chi connectivity index (χ4v) is 14.7. The highest BCUT2D eigenvalue weighted by Gasteiger charge is 2.49. The third kappa shape index (κ3) is 7.80. The molecule has 3 fully saturated rings. The standard InChI is InChI=1S/C37H51Cl2F2N3O3Si/c1-24(2)48(25(3)4,26(5)6)47-34-13-17-43(44-16-7-8-35(44)45)23-30(34)20-31-32(38)21-29(22-33(31)39)27-9-11-28(12-10-27)36(46)42-18-14-37(40,41)15-19-42/h9-12,21-22,24-26,30,34H,7-8,13-20,23H2,1-6H3. The summed E-state index contributed by atoms with van der Waals surface area (Å²) in [5.74, 6) is -2.66. The maximum atomic E-state index is 13.6. The van der Waals surface area contributed by atoms with Gasteiger partial charge in [0.2, 0.25) is 14.2 Å². The number of halogens is 4. The first-order chi connectivity index (χ1) is 22.6. The average molecular weight is 723 g/mol. The number of hydrogen-bond acceptors (Lipinski definition) is 4. The van der Waals surface area contributed by atoms with E-state index in [4.69, 9.17) is 27.6 Å². The molecule has 11 heteroatoms. The van der Waals surface area contributed by atoms with Gasteiger partial charge in [-0.05, 0) is 76.8 Å². The van der Waals surface area contributed by atoms with E-state index >= 15 is 0 Å². The summed E-state index contributed by atoms with van der Waals surface area (Å²) in [6, 6.07) is 11.0. The Morgan fingerprint density at radius 2 is 1.50 bits per heavy atom. The first-order valence-electron chi connectivity index (χ1n) is 17.6. The lowest BCUT2D eigenvalue weighted by Crippen LogP contribution is -2.57. The quantitative estimate of drug-likeness (QED) is 0.230. The van der Waals surface area contributed by atoms with Crippen LogP contribution in [-0.2, 0) is 15.6 Å². The van der Waals surface area contributed by atoms with Gasteiger partial charge in [-0.2, -0.15) is 0 Å². The number of carbonyl (C=O) groups excluding carboxylic acids is 2. The largest absolute Gasteiger partial charge is 0.413 e. The van der Waals surface area contributed by atoms with E-state index in [0.717, 1.165) is 42.6 Å². The Morgan fingerprint density at radius 1 is 0.917 bits per heavy atom. The van der Waals surface area contributed by atoms with Gasteiger partial charge in [-0.3, -0.25) is 14.6 Å². The Kier molecular flexibility index (Phi) is 11.7. The normalized spacial score (nSPS) is 22.4. The number of rotatable bonds is 10. The molecule has 0 N–H and O–H groups in total. The molecule has 2 aromatic rings. The van der Waals surface area contributed by atoms with Crippen molar-refractivity contribution in [1.82, 2.24) is 14.9 Å². The molecule has 3 aliphatic rings. The molecule has 3 saturated heterocycles. The van der Waals surface area contributed by atoms with Crippen molar-refractivity contribution in [2.75, 3.05) is 32.7 Å². The molecule has 0 bridgehead atoms. The van der Waals surface area contributed by atoms with Crippen molar-refractivity contribution >= 4 is 43.3 Å². The van der Waals surface area contributed by atoms with Gasteiger partial charge in [0.05, 0.1) is 6.10 Å². The summed E-state index contributed by atoms with van der Waals surface area (Å²) >= 11 is 14.0. The number of amides is 2. The number of hydrazine groups is 1. The Hall–Kier alpha value is -2.04. The molecule has 5 rings (SSSR count). The zero-order chi connectivity index (χ0) is 35.0. The van der Waals surface area contributed by atoms with Crippen LogP contribution in [0.25, 0.3) is 11.1 Å². The van der Waals surface area contributed by atoms with Crippen LogP contribution in [0.3, 0.4) is 0 Å². The van der Waals surface area contributed by atoms with Gasteiger partial charge >= 0.3 is 0 Å². The fourth-order valence-electron chi connectivity index (χ4n) is 8.42. The second-order valence-electron chi connectivity index (χ2n) is 14.9. The van der Waals surface area contributed by atoms with Gasteiger partial charge in [0, 0.05) is 73.5 Å². The molecule has 0 aliphatic carbocycles. The minimum absolute atomic E-state index is 0.0286. The lowest BCUT2D eigenvalue weighted by molar-refractivity contribution is -0.149. The van der Waals surface area contributed by atoms with E-state index in [2.05, 4.69) is 46.6 Å². The molecular formula is C37H51Cl2F2N3O3Si. The molecule has 3 aliphatic heterocycles. The molecule has 48 heavy (non-hydrogen) atoms. The molecule has 0 radical (unpaired) electrons. The highest BCUT2D eigenvalue weighted by Crippen LogP contribution is 2.45. The summed E-state index contributed by atoms with van der Waals surface area (Å²) in [6.45, 7) is 16.2. The molecule has 0 saturated carbocycles. The summed E-state index contributed by atoms with van der Waals surface area (Å²) in [6.07, 6.45) is 2.36. The predicted molar refractivity (Wildman–Crippen MR) is 192 cm³/mol. The van der Waals surface area contributed by atoms with Crippen molar-refractivity contribution in [1.29, 1.82) is 0 Å². The van der Waals surface area contributed by atoms with Crippen LogP contribution in [0.4, 0.5) is 8.78 Å². The highest BCUT2D eigenvalue weighted by atomic mass is 35.5. The second-order valence-corrected chi connectivity index (χ2v) is 21.1. The van der Waals surface area contributed by atoms with Gasteiger partial charge in [-0.25, -0.2) is 13.8 Å². The summed E-state index contributed by atoms with van der Waals surface area (Å²) in [5, 5.41) is 5.29. The van der Waals surface area contributed by atoms with Crippen LogP contribution in [0.15, 0.2) is 36.4 Å². The number of nitrogens with zero attached hydrogens (tertiary/aromatic N) is 3. The van der Waals surface area contributed by atoms with Crippen LogP contribution in [0, 0.1) is 5.92 Å². The minimum atomic E-state index is -2.70. The SMILES string of the molecule is CC(C)[Si](OC1CCN(N2CCCC2=O)CC1Cc1c(Cl)cc(-c2ccc(C(=O)N3CCC(F)(F)CC3)cc2)cc1Cl)(C(C)C)C(C)C. The van der Waals surface area contributed by atoms with E-state index in [-0.39, 0.29) is 49.8 Å². The van der Waals surface area contributed by atoms with Crippen LogP contribution in [0.5, 0.6) is 0 Å². The Balaban J connectivity index is 1.37. The molecule has 2 atom stereocenters. The summed E-state index contributed by atoms with van der Waals surface area (Å²) in [5.41, 5.74) is 4.38.